The maximum Gasteiger partial charge on any atom is 0.453 e. The number of methoxy groups -OCH3 is 4. The normalized spacial score (nSPS) is 12.2. The summed E-state index contributed by atoms with van der Waals surface area (Å²) in [5.74, 6) is 2.78. The Morgan fingerprint density at radius 1 is 0.432 bits per heavy atom. The molecule has 13 rings (SSSR count). The Hall–Kier alpha value is -8.91. The predicted molar refractivity (Wildman–Crippen MR) is 303 cm³/mol. The molecular formula is C64H48NO8P. The minimum atomic E-state index is -2.40. The lowest BCUT2D eigenvalue weighted by atomic mass is 9.90. The summed E-state index contributed by atoms with van der Waals surface area (Å²) in [6.07, 6.45) is 0.265. The molecule has 362 valence electrons. The van der Waals surface area contributed by atoms with E-state index >= 15 is 0 Å². The Labute approximate surface area is 426 Å². The van der Waals surface area contributed by atoms with Gasteiger partial charge in [0.2, 0.25) is 5.91 Å². The highest BCUT2D eigenvalue weighted by molar-refractivity contribution is 7.32. The highest BCUT2D eigenvalue weighted by atomic mass is 31.1. The predicted octanol–water partition coefficient (Wildman–Crippen LogP) is 17.5. The number of anilines is 1. The van der Waals surface area contributed by atoms with Gasteiger partial charge in [-0.25, -0.2) is 0 Å². The molecule has 9 nitrogen and oxygen atoms in total. The molecule has 13 aromatic rings. The summed E-state index contributed by atoms with van der Waals surface area (Å²) in [5.41, 5.74) is 2.60. The summed E-state index contributed by atoms with van der Waals surface area (Å²) in [5, 5.41) is 19.8. The topological polar surface area (TPSA) is 102 Å². The van der Waals surface area contributed by atoms with Gasteiger partial charge in [0.1, 0.15) is 23.0 Å². The summed E-state index contributed by atoms with van der Waals surface area (Å²) in [6.45, 7) is 2.05. The van der Waals surface area contributed by atoms with E-state index in [1.807, 2.05) is 78.9 Å². The fourth-order valence-electron chi connectivity index (χ4n) is 11.2. The number of hydrogen-bond donors (Lipinski definition) is 1. The second-order valence-corrected chi connectivity index (χ2v) is 19.7. The highest BCUT2D eigenvalue weighted by Gasteiger charge is 2.26. The molecule has 10 heteroatoms. The van der Waals surface area contributed by atoms with E-state index in [0.29, 0.717) is 56.4 Å². The molecular weight excluding hydrogens is 942 g/mol. The van der Waals surface area contributed by atoms with E-state index in [-0.39, 0.29) is 18.2 Å². The van der Waals surface area contributed by atoms with Crippen LogP contribution in [0.15, 0.2) is 184 Å². The van der Waals surface area contributed by atoms with Crippen LogP contribution in [-0.2, 0) is 4.79 Å². The SMILES string of the molecule is COc1cc2c3cc(OC)c4cc(OC)c5ccc6ccc7ccccc7c6c5c4c3op(Oc3ccccc3NC(=O)C[C@H](C)c3ccccc3)oc2c2c1cc(OC)c1ccc3ccc4ccccc4c3c12. The number of carbonyl (C=O) groups is 1. The van der Waals surface area contributed by atoms with Crippen LogP contribution in [0.2, 0.25) is 0 Å². The Kier molecular flexibility index (Phi) is 10.9. The first-order chi connectivity index (χ1) is 36.3. The maximum absolute atomic E-state index is 13.9. The smallest absolute Gasteiger partial charge is 0.453 e. The van der Waals surface area contributed by atoms with E-state index in [9.17, 15) is 4.79 Å². The number of para-hydroxylation sites is 2. The van der Waals surface area contributed by atoms with Crippen molar-refractivity contribution in [2.45, 2.75) is 19.3 Å². The van der Waals surface area contributed by atoms with Crippen LogP contribution in [0, 0.1) is 0 Å². The van der Waals surface area contributed by atoms with Crippen LogP contribution in [-0.4, -0.2) is 34.3 Å². The van der Waals surface area contributed by atoms with E-state index < -0.39 is 8.24 Å². The van der Waals surface area contributed by atoms with Gasteiger partial charge in [-0.2, -0.15) is 0 Å². The van der Waals surface area contributed by atoms with Crippen molar-refractivity contribution in [1.29, 1.82) is 0 Å². The number of amides is 1. The molecule has 1 aromatic heterocycles. The van der Waals surface area contributed by atoms with Gasteiger partial charge in [0.15, 0.2) is 16.9 Å². The van der Waals surface area contributed by atoms with Crippen LogP contribution in [0.25, 0.3) is 108 Å². The van der Waals surface area contributed by atoms with E-state index in [1.54, 1.807) is 28.4 Å². The standard InChI is InChI=1S/C64H48NO8P/c1-36(37-15-7-6-8-16-37)31-56(66)65-50-21-13-14-22-51(50)71-74-72-63-46(32-54(69-4)48-34-52(67-2)44-29-27-40-25-23-38-17-9-11-19-42(38)57(40)59(44)61(48)63)47-33-55(70-5)49-35-53(68-3)45-30-28-41-26-24-39-18-10-12-20-43(39)58(41)60(45)62(49)64(47)73-74/h6-30,32-36H,31H2,1-5H3,(H,65,66)/t36-/m0/s1. The molecule has 0 unspecified atom stereocenters. The minimum Gasteiger partial charge on any atom is -0.496 e. The fourth-order valence-corrected chi connectivity index (χ4v) is 12.3. The quantitative estimate of drug-likeness (QED) is 0.135. The number of benzene rings is 12. The van der Waals surface area contributed by atoms with E-state index in [2.05, 4.69) is 109 Å². The number of nitrogens with one attached hydrogen (secondary N) is 1. The van der Waals surface area contributed by atoms with Gasteiger partial charge >= 0.3 is 8.24 Å². The van der Waals surface area contributed by atoms with Crippen molar-refractivity contribution >= 4 is 128 Å². The summed E-state index contributed by atoms with van der Waals surface area (Å²) in [6, 6.07) is 59.5. The van der Waals surface area contributed by atoms with Gasteiger partial charge in [0, 0.05) is 60.3 Å². The van der Waals surface area contributed by atoms with Crippen LogP contribution in [0.5, 0.6) is 28.7 Å². The Morgan fingerprint density at radius 3 is 1.39 bits per heavy atom. The summed E-state index contributed by atoms with van der Waals surface area (Å²) in [4.78, 5) is 13.9. The van der Waals surface area contributed by atoms with Gasteiger partial charge in [-0.1, -0.05) is 134 Å². The van der Waals surface area contributed by atoms with Crippen molar-refractivity contribution < 1.29 is 36.7 Å². The van der Waals surface area contributed by atoms with E-state index in [4.69, 9.17) is 31.9 Å². The Bertz CT molecular complexity index is 4280. The maximum atomic E-state index is 13.9. The first kappa shape index (κ1) is 45.0. The lowest BCUT2D eigenvalue weighted by Crippen LogP contribution is -2.14. The Balaban J connectivity index is 1.21. The number of rotatable bonds is 10. The molecule has 1 N–H and O–H groups in total. The molecule has 0 bridgehead atoms. The lowest BCUT2D eigenvalue weighted by Gasteiger charge is -2.17. The number of carbonyl (C=O) groups excluding carboxylic acids is 1. The lowest BCUT2D eigenvalue weighted by molar-refractivity contribution is -0.116. The summed E-state index contributed by atoms with van der Waals surface area (Å²) < 4.78 is 47.3. The van der Waals surface area contributed by atoms with Gasteiger partial charge in [-0.05, 0) is 103 Å². The van der Waals surface area contributed by atoms with Crippen molar-refractivity contribution in [3.05, 3.63) is 181 Å². The van der Waals surface area contributed by atoms with Crippen LogP contribution in [0.4, 0.5) is 5.69 Å². The van der Waals surface area contributed by atoms with E-state index in [0.717, 1.165) is 91.7 Å². The monoisotopic (exact) mass is 989 g/mol. The first-order valence-electron chi connectivity index (χ1n) is 24.5. The van der Waals surface area contributed by atoms with E-state index in [1.165, 1.54) is 0 Å². The molecule has 1 heterocycles. The zero-order chi connectivity index (χ0) is 50.2. The number of ether oxygens (including phenoxy) is 4. The number of fused-ring (bicyclic) bond motifs is 19. The molecule has 0 saturated carbocycles. The molecule has 0 aliphatic heterocycles. The van der Waals surface area contributed by atoms with Crippen molar-refractivity contribution in [2.75, 3.05) is 33.8 Å². The summed E-state index contributed by atoms with van der Waals surface area (Å²) >= 11 is 0. The van der Waals surface area contributed by atoms with Gasteiger partial charge < -0.3 is 37.2 Å². The minimum absolute atomic E-state index is 0.0194. The average molecular weight is 990 g/mol. The van der Waals surface area contributed by atoms with Gasteiger partial charge in [0.25, 0.3) is 0 Å². The van der Waals surface area contributed by atoms with Crippen LogP contribution in [0.1, 0.15) is 24.8 Å². The third-order valence-corrected chi connectivity index (χ3v) is 15.7. The van der Waals surface area contributed by atoms with Gasteiger partial charge in [-0.15, -0.1) is 0 Å². The molecule has 0 fully saturated rings. The third-order valence-electron chi connectivity index (χ3n) is 14.7. The second-order valence-electron chi connectivity index (χ2n) is 18.7. The highest BCUT2D eigenvalue weighted by Crippen LogP contribution is 2.53. The fraction of sp³-hybridized carbons (Fsp3) is 0.109. The largest absolute Gasteiger partial charge is 0.496 e. The molecule has 0 saturated heterocycles. The second kappa shape index (κ2) is 18.0. The molecule has 74 heavy (non-hydrogen) atoms. The first-order valence-corrected chi connectivity index (χ1v) is 25.6. The molecule has 1 atom stereocenters. The zero-order valence-electron chi connectivity index (χ0n) is 41.2. The van der Waals surface area contributed by atoms with Crippen LogP contribution < -0.4 is 28.8 Å². The molecule has 1 amide bonds. The Morgan fingerprint density at radius 2 is 0.865 bits per heavy atom. The summed E-state index contributed by atoms with van der Waals surface area (Å²) in [7, 11) is 4.36. The van der Waals surface area contributed by atoms with Crippen molar-refractivity contribution in [3.8, 4) is 28.7 Å². The molecule has 0 radical (unpaired) electrons. The molecule has 0 aliphatic rings. The van der Waals surface area contributed by atoms with Crippen molar-refractivity contribution in [2.24, 2.45) is 0 Å². The zero-order valence-corrected chi connectivity index (χ0v) is 42.1. The number of hydrogen-bond acceptors (Lipinski definition) is 8. The van der Waals surface area contributed by atoms with Crippen molar-refractivity contribution in [3.63, 3.8) is 0 Å². The molecule has 0 aliphatic carbocycles. The molecule has 12 aromatic carbocycles. The van der Waals surface area contributed by atoms with Crippen LogP contribution in [0.3, 0.4) is 0 Å². The van der Waals surface area contributed by atoms with Gasteiger partial charge in [-0.3, -0.25) is 4.79 Å². The van der Waals surface area contributed by atoms with Gasteiger partial charge in [0.05, 0.1) is 34.1 Å². The third kappa shape index (κ3) is 7.18. The average Bonchev–Trinajstić information content (AvgIpc) is 3.62. The van der Waals surface area contributed by atoms with Crippen LogP contribution >= 0.6 is 8.24 Å². The molecule has 0 spiro atoms. The van der Waals surface area contributed by atoms with Crippen molar-refractivity contribution in [1.82, 2.24) is 0 Å².